The highest BCUT2D eigenvalue weighted by Crippen LogP contribution is 2.36. The molecule has 1 heterocycles. The summed E-state index contributed by atoms with van der Waals surface area (Å²) in [5.41, 5.74) is 2.00. The van der Waals surface area contributed by atoms with E-state index in [9.17, 15) is 9.59 Å². The number of hydrogen-bond acceptors (Lipinski definition) is 5. The van der Waals surface area contributed by atoms with Crippen molar-refractivity contribution >= 4 is 28.2 Å². The zero-order chi connectivity index (χ0) is 18.2. The summed E-state index contributed by atoms with van der Waals surface area (Å²) in [6.45, 7) is 4.55. The van der Waals surface area contributed by atoms with Crippen molar-refractivity contribution in [2.75, 3.05) is 19.0 Å². The number of amides is 1. The van der Waals surface area contributed by atoms with Crippen LogP contribution >= 0.6 is 11.3 Å². The van der Waals surface area contributed by atoms with Crippen molar-refractivity contribution < 1.29 is 19.1 Å². The smallest absolute Gasteiger partial charge is 0.341 e. The van der Waals surface area contributed by atoms with Crippen LogP contribution in [-0.4, -0.2) is 25.6 Å². The molecule has 0 aliphatic rings. The van der Waals surface area contributed by atoms with Crippen molar-refractivity contribution in [3.63, 3.8) is 0 Å². The van der Waals surface area contributed by atoms with E-state index in [-0.39, 0.29) is 5.91 Å². The summed E-state index contributed by atoms with van der Waals surface area (Å²) < 4.78 is 10.4. The lowest BCUT2D eigenvalue weighted by atomic mass is 10.0. The van der Waals surface area contributed by atoms with Gasteiger partial charge in [0.05, 0.1) is 13.7 Å². The molecule has 0 atom stereocenters. The lowest BCUT2D eigenvalue weighted by molar-refractivity contribution is -0.116. The molecule has 1 N–H and O–H groups in total. The number of rotatable bonds is 8. The molecule has 134 valence electrons. The van der Waals surface area contributed by atoms with Gasteiger partial charge in [0.15, 0.2) is 0 Å². The van der Waals surface area contributed by atoms with Crippen LogP contribution in [0.15, 0.2) is 29.6 Å². The first-order chi connectivity index (χ1) is 12.1. The zero-order valence-electron chi connectivity index (χ0n) is 14.8. The van der Waals surface area contributed by atoms with E-state index in [1.54, 1.807) is 0 Å². The van der Waals surface area contributed by atoms with Crippen LogP contribution in [0.5, 0.6) is 5.75 Å². The van der Waals surface area contributed by atoms with Gasteiger partial charge >= 0.3 is 5.97 Å². The van der Waals surface area contributed by atoms with Gasteiger partial charge < -0.3 is 14.8 Å². The molecular formula is C19H23NO4S. The number of ether oxygens (including phenoxy) is 2. The van der Waals surface area contributed by atoms with E-state index in [1.165, 1.54) is 18.4 Å². The molecule has 0 saturated heterocycles. The van der Waals surface area contributed by atoms with E-state index in [0.717, 1.165) is 29.7 Å². The Morgan fingerprint density at radius 1 is 1.16 bits per heavy atom. The van der Waals surface area contributed by atoms with Crippen LogP contribution in [-0.2, 0) is 9.53 Å². The summed E-state index contributed by atoms with van der Waals surface area (Å²) >= 11 is 1.33. The van der Waals surface area contributed by atoms with Gasteiger partial charge in [-0.15, -0.1) is 11.3 Å². The Balaban J connectivity index is 2.31. The lowest BCUT2D eigenvalue weighted by Gasteiger charge is -2.08. The minimum Gasteiger partial charge on any atom is -0.494 e. The van der Waals surface area contributed by atoms with Crippen LogP contribution in [0, 0.1) is 0 Å². The van der Waals surface area contributed by atoms with Crippen LogP contribution in [0.1, 0.15) is 43.5 Å². The average molecular weight is 361 g/mol. The van der Waals surface area contributed by atoms with E-state index in [0.29, 0.717) is 23.6 Å². The molecule has 0 aliphatic heterocycles. The number of carbonyl (C=O) groups is 2. The van der Waals surface area contributed by atoms with Crippen molar-refractivity contribution in [3.8, 4) is 16.9 Å². The quantitative estimate of drug-likeness (QED) is 0.691. The number of esters is 1. The fourth-order valence-electron chi connectivity index (χ4n) is 2.39. The van der Waals surface area contributed by atoms with Crippen molar-refractivity contribution in [2.24, 2.45) is 0 Å². The molecule has 0 unspecified atom stereocenters. The van der Waals surface area contributed by atoms with Gasteiger partial charge in [0.1, 0.15) is 16.3 Å². The molecule has 2 rings (SSSR count). The van der Waals surface area contributed by atoms with Crippen LogP contribution in [0.4, 0.5) is 5.00 Å². The maximum Gasteiger partial charge on any atom is 0.341 e. The molecule has 25 heavy (non-hydrogen) atoms. The predicted molar refractivity (Wildman–Crippen MR) is 100 cm³/mol. The van der Waals surface area contributed by atoms with E-state index in [4.69, 9.17) is 9.47 Å². The highest BCUT2D eigenvalue weighted by molar-refractivity contribution is 7.15. The Kier molecular flexibility index (Phi) is 7.01. The fraction of sp³-hybridized carbons (Fsp3) is 0.368. The molecule has 0 aliphatic carbocycles. The first-order valence-electron chi connectivity index (χ1n) is 8.33. The predicted octanol–water partition coefficient (Wildman–Crippen LogP) is 4.73. The van der Waals surface area contributed by atoms with Gasteiger partial charge in [0.2, 0.25) is 5.91 Å². The fourth-order valence-corrected chi connectivity index (χ4v) is 3.36. The van der Waals surface area contributed by atoms with Crippen LogP contribution in [0.25, 0.3) is 11.1 Å². The number of anilines is 1. The van der Waals surface area contributed by atoms with Crippen molar-refractivity contribution in [2.45, 2.75) is 33.1 Å². The van der Waals surface area contributed by atoms with Gasteiger partial charge in [-0.2, -0.15) is 0 Å². The third-order valence-electron chi connectivity index (χ3n) is 3.67. The van der Waals surface area contributed by atoms with Gasteiger partial charge in [-0.1, -0.05) is 25.5 Å². The summed E-state index contributed by atoms with van der Waals surface area (Å²) in [7, 11) is 1.34. The number of hydrogen-bond donors (Lipinski definition) is 1. The Morgan fingerprint density at radius 2 is 1.88 bits per heavy atom. The standard InChI is InChI=1S/C19H23NO4S/c1-4-6-7-16(21)20-18-17(19(22)23-3)15(12-25-18)13-8-10-14(11-9-13)24-5-2/h8-12H,4-7H2,1-3H3,(H,20,21). The maximum atomic E-state index is 12.3. The van der Waals surface area contributed by atoms with Crippen LogP contribution in [0.2, 0.25) is 0 Å². The van der Waals surface area contributed by atoms with E-state index >= 15 is 0 Å². The summed E-state index contributed by atoms with van der Waals surface area (Å²) in [6.07, 6.45) is 2.20. The summed E-state index contributed by atoms with van der Waals surface area (Å²) in [4.78, 5) is 24.3. The van der Waals surface area contributed by atoms with Crippen molar-refractivity contribution in [1.82, 2.24) is 0 Å². The monoisotopic (exact) mass is 361 g/mol. The van der Waals surface area contributed by atoms with E-state index in [2.05, 4.69) is 5.32 Å². The molecule has 0 bridgehead atoms. The number of carbonyl (C=O) groups excluding carboxylic acids is 2. The van der Waals surface area contributed by atoms with Crippen LogP contribution < -0.4 is 10.1 Å². The van der Waals surface area contributed by atoms with Gasteiger partial charge in [-0.3, -0.25) is 4.79 Å². The second-order valence-corrected chi connectivity index (χ2v) is 6.33. The third-order valence-corrected chi connectivity index (χ3v) is 4.56. The molecule has 5 nitrogen and oxygen atoms in total. The van der Waals surface area contributed by atoms with E-state index < -0.39 is 5.97 Å². The highest BCUT2D eigenvalue weighted by atomic mass is 32.1. The molecule has 2 aromatic rings. The largest absolute Gasteiger partial charge is 0.494 e. The minimum atomic E-state index is -0.462. The Labute approximate surface area is 152 Å². The summed E-state index contributed by atoms with van der Waals surface area (Å²) in [6, 6.07) is 7.50. The molecule has 1 aromatic heterocycles. The molecule has 0 fully saturated rings. The Bertz CT molecular complexity index is 722. The molecule has 0 spiro atoms. The molecule has 0 saturated carbocycles. The zero-order valence-corrected chi connectivity index (χ0v) is 15.6. The second-order valence-electron chi connectivity index (χ2n) is 5.45. The average Bonchev–Trinajstić information content (AvgIpc) is 3.03. The SMILES string of the molecule is CCCCC(=O)Nc1scc(-c2ccc(OCC)cc2)c1C(=O)OC. The summed E-state index contributed by atoms with van der Waals surface area (Å²) in [5, 5.41) is 5.22. The number of unbranched alkanes of at least 4 members (excludes halogenated alkanes) is 1. The van der Waals surface area contributed by atoms with Crippen molar-refractivity contribution in [3.05, 3.63) is 35.2 Å². The highest BCUT2D eigenvalue weighted by Gasteiger charge is 2.22. The molecule has 1 aromatic carbocycles. The topological polar surface area (TPSA) is 64.6 Å². The number of benzene rings is 1. The summed E-state index contributed by atoms with van der Waals surface area (Å²) in [5.74, 6) is 0.220. The first kappa shape index (κ1) is 19.0. The second kappa shape index (κ2) is 9.22. The Morgan fingerprint density at radius 3 is 2.48 bits per heavy atom. The van der Waals surface area contributed by atoms with Gasteiger partial charge in [0.25, 0.3) is 0 Å². The molecule has 1 amide bonds. The number of thiophene rings is 1. The lowest BCUT2D eigenvalue weighted by Crippen LogP contribution is -2.13. The van der Waals surface area contributed by atoms with Gasteiger partial charge in [0, 0.05) is 17.4 Å². The normalized spacial score (nSPS) is 10.4. The Hall–Kier alpha value is -2.34. The van der Waals surface area contributed by atoms with Crippen molar-refractivity contribution in [1.29, 1.82) is 0 Å². The van der Waals surface area contributed by atoms with Gasteiger partial charge in [-0.25, -0.2) is 4.79 Å². The van der Waals surface area contributed by atoms with E-state index in [1.807, 2.05) is 43.5 Å². The number of methoxy groups -OCH3 is 1. The molecule has 0 radical (unpaired) electrons. The first-order valence-corrected chi connectivity index (χ1v) is 9.21. The molecular weight excluding hydrogens is 338 g/mol. The minimum absolute atomic E-state index is 0.0907. The molecule has 6 heteroatoms. The third kappa shape index (κ3) is 4.82. The maximum absolute atomic E-state index is 12.3. The van der Waals surface area contributed by atoms with Crippen LogP contribution in [0.3, 0.4) is 0 Å². The number of nitrogens with one attached hydrogen (secondary N) is 1. The van der Waals surface area contributed by atoms with Gasteiger partial charge in [-0.05, 0) is 31.0 Å².